The van der Waals surface area contributed by atoms with E-state index >= 15 is 0 Å². The number of sulfonamides is 1. The number of carboxylic acids is 1. The summed E-state index contributed by atoms with van der Waals surface area (Å²) < 4.78 is 41.1. The van der Waals surface area contributed by atoms with Crippen molar-refractivity contribution in [2.24, 2.45) is 0 Å². The van der Waals surface area contributed by atoms with Crippen molar-refractivity contribution in [2.75, 3.05) is 4.72 Å². The first-order chi connectivity index (χ1) is 10.2. The number of anilines is 1. The van der Waals surface area contributed by atoms with Crippen molar-refractivity contribution in [2.45, 2.75) is 11.8 Å². The van der Waals surface area contributed by atoms with Gasteiger partial charge in [0.2, 0.25) is 0 Å². The Labute approximate surface area is 135 Å². The van der Waals surface area contributed by atoms with Gasteiger partial charge in [0.25, 0.3) is 10.0 Å². The zero-order valence-electron chi connectivity index (χ0n) is 11.3. The van der Waals surface area contributed by atoms with Crippen LogP contribution in [-0.2, 0) is 10.0 Å². The summed E-state index contributed by atoms with van der Waals surface area (Å²) in [5.74, 6) is -2.57. The average Bonchev–Trinajstić information content (AvgIpc) is 2.40. The highest BCUT2D eigenvalue weighted by Crippen LogP contribution is 2.26. The van der Waals surface area contributed by atoms with Crippen molar-refractivity contribution >= 4 is 37.6 Å². The van der Waals surface area contributed by atoms with Crippen LogP contribution in [0.1, 0.15) is 15.9 Å². The van der Waals surface area contributed by atoms with E-state index in [1.807, 2.05) is 0 Å². The van der Waals surface area contributed by atoms with Gasteiger partial charge in [0.1, 0.15) is 11.4 Å². The fourth-order valence-corrected chi connectivity index (χ4v) is 3.75. The molecule has 5 nitrogen and oxygen atoms in total. The number of carboxylic acid groups (broad SMARTS) is 1. The van der Waals surface area contributed by atoms with Gasteiger partial charge in [-0.15, -0.1) is 0 Å². The van der Waals surface area contributed by atoms with Gasteiger partial charge in [0.15, 0.2) is 0 Å². The minimum Gasteiger partial charge on any atom is -0.478 e. The maximum atomic E-state index is 13.6. The van der Waals surface area contributed by atoms with E-state index in [1.54, 1.807) is 19.1 Å². The summed E-state index contributed by atoms with van der Waals surface area (Å²) in [6.07, 6.45) is 0. The van der Waals surface area contributed by atoms with Crippen molar-refractivity contribution in [3.8, 4) is 0 Å². The monoisotopic (exact) mass is 387 g/mol. The van der Waals surface area contributed by atoms with E-state index in [9.17, 15) is 17.6 Å². The molecule has 0 unspecified atom stereocenters. The van der Waals surface area contributed by atoms with E-state index < -0.39 is 27.4 Å². The van der Waals surface area contributed by atoms with E-state index in [1.165, 1.54) is 18.2 Å². The lowest BCUT2D eigenvalue weighted by Crippen LogP contribution is -2.17. The van der Waals surface area contributed by atoms with E-state index in [0.29, 0.717) is 10.0 Å². The van der Waals surface area contributed by atoms with Gasteiger partial charge in [-0.1, -0.05) is 28.1 Å². The first-order valence-electron chi connectivity index (χ1n) is 6.03. The number of aromatic carboxylic acids is 1. The van der Waals surface area contributed by atoms with Crippen LogP contribution in [0.2, 0.25) is 0 Å². The summed E-state index contributed by atoms with van der Waals surface area (Å²) in [6.45, 7) is 1.60. The molecule has 0 aliphatic rings. The molecule has 0 radical (unpaired) electrons. The maximum absolute atomic E-state index is 13.6. The standard InChI is InChI=1S/C14H11BrFNO4S/c1-8-5-6-9(15)7-12(8)22(20,21)17-11-4-2-3-10(16)13(11)14(18)19/h2-7,17H,1H3,(H,18,19). The molecule has 116 valence electrons. The van der Waals surface area contributed by atoms with Gasteiger partial charge >= 0.3 is 5.97 Å². The number of aryl methyl sites for hydroxylation is 1. The van der Waals surface area contributed by atoms with Gasteiger partial charge in [0.05, 0.1) is 10.6 Å². The van der Waals surface area contributed by atoms with Crippen LogP contribution in [0.5, 0.6) is 0 Å². The molecule has 0 aromatic heterocycles. The normalized spacial score (nSPS) is 11.2. The van der Waals surface area contributed by atoms with Gasteiger partial charge in [-0.3, -0.25) is 4.72 Å². The molecular formula is C14H11BrFNO4S. The molecule has 0 aliphatic carbocycles. The molecule has 0 saturated carbocycles. The van der Waals surface area contributed by atoms with Crippen LogP contribution in [0.15, 0.2) is 45.8 Å². The Balaban J connectivity index is 2.53. The molecule has 0 amide bonds. The molecule has 2 aromatic rings. The first-order valence-corrected chi connectivity index (χ1v) is 8.31. The van der Waals surface area contributed by atoms with Crippen LogP contribution in [0.3, 0.4) is 0 Å². The molecule has 0 saturated heterocycles. The molecule has 0 heterocycles. The van der Waals surface area contributed by atoms with E-state index in [4.69, 9.17) is 5.11 Å². The summed E-state index contributed by atoms with van der Waals surface area (Å²) in [4.78, 5) is 11.1. The number of halogens is 2. The summed E-state index contributed by atoms with van der Waals surface area (Å²) in [6, 6.07) is 8.04. The quantitative estimate of drug-likeness (QED) is 0.841. The molecule has 22 heavy (non-hydrogen) atoms. The Bertz CT molecular complexity index is 852. The third kappa shape index (κ3) is 3.28. The van der Waals surface area contributed by atoms with E-state index in [-0.39, 0.29) is 10.6 Å². The molecule has 0 bridgehead atoms. The fourth-order valence-electron chi connectivity index (χ4n) is 1.89. The van der Waals surface area contributed by atoms with Crippen LogP contribution in [-0.4, -0.2) is 19.5 Å². The smallest absolute Gasteiger partial charge is 0.340 e. The highest BCUT2D eigenvalue weighted by molar-refractivity contribution is 9.10. The lowest BCUT2D eigenvalue weighted by atomic mass is 10.2. The highest BCUT2D eigenvalue weighted by Gasteiger charge is 2.22. The van der Waals surface area contributed by atoms with Gasteiger partial charge in [0, 0.05) is 4.47 Å². The van der Waals surface area contributed by atoms with Crippen molar-refractivity contribution in [3.05, 3.63) is 57.8 Å². The number of nitrogens with one attached hydrogen (secondary N) is 1. The molecule has 0 fully saturated rings. The number of hydrogen-bond donors (Lipinski definition) is 2. The Kier molecular flexibility index (Phi) is 4.52. The minimum absolute atomic E-state index is 0.0255. The van der Waals surface area contributed by atoms with Crippen molar-refractivity contribution in [1.29, 1.82) is 0 Å². The fraction of sp³-hybridized carbons (Fsp3) is 0.0714. The second-order valence-corrected chi connectivity index (χ2v) is 7.05. The SMILES string of the molecule is Cc1ccc(Br)cc1S(=O)(=O)Nc1cccc(F)c1C(=O)O. The number of benzene rings is 2. The van der Waals surface area contributed by atoms with Gasteiger partial charge in [-0.25, -0.2) is 17.6 Å². The lowest BCUT2D eigenvalue weighted by molar-refractivity contribution is 0.0693. The predicted molar refractivity (Wildman–Crippen MR) is 83.0 cm³/mol. The number of hydrogen-bond acceptors (Lipinski definition) is 3. The predicted octanol–water partition coefficient (Wildman–Crippen LogP) is 3.40. The molecule has 0 aliphatic heterocycles. The van der Waals surface area contributed by atoms with Crippen molar-refractivity contribution < 1.29 is 22.7 Å². The molecule has 0 spiro atoms. The van der Waals surface area contributed by atoms with Gasteiger partial charge in [-0.2, -0.15) is 0 Å². The Morgan fingerprint density at radius 1 is 1.27 bits per heavy atom. The highest BCUT2D eigenvalue weighted by atomic mass is 79.9. The molecular weight excluding hydrogens is 377 g/mol. The summed E-state index contributed by atoms with van der Waals surface area (Å²) in [5, 5.41) is 9.03. The van der Waals surface area contributed by atoms with Crippen LogP contribution in [0.25, 0.3) is 0 Å². The third-order valence-corrected chi connectivity index (χ3v) is 4.91. The average molecular weight is 388 g/mol. The second-order valence-electron chi connectivity index (χ2n) is 4.48. The molecule has 2 rings (SSSR count). The zero-order valence-corrected chi connectivity index (χ0v) is 13.7. The van der Waals surface area contributed by atoms with Crippen LogP contribution in [0.4, 0.5) is 10.1 Å². The molecule has 2 N–H and O–H groups in total. The Morgan fingerprint density at radius 2 is 1.95 bits per heavy atom. The van der Waals surface area contributed by atoms with E-state index in [0.717, 1.165) is 6.07 Å². The van der Waals surface area contributed by atoms with Gasteiger partial charge < -0.3 is 5.11 Å². The molecule has 2 aromatic carbocycles. The maximum Gasteiger partial charge on any atom is 0.340 e. The van der Waals surface area contributed by atoms with Crippen LogP contribution < -0.4 is 4.72 Å². The van der Waals surface area contributed by atoms with Crippen LogP contribution in [0, 0.1) is 12.7 Å². The molecule has 0 atom stereocenters. The zero-order chi connectivity index (χ0) is 16.5. The Morgan fingerprint density at radius 3 is 2.59 bits per heavy atom. The third-order valence-electron chi connectivity index (χ3n) is 2.91. The van der Waals surface area contributed by atoms with Crippen LogP contribution >= 0.6 is 15.9 Å². The number of carbonyl (C=O) groups is 1. The Hall–Kier alpha value is -1.93. The van der Waals surface area contributed by atoms with Gasteiger partial charge in [-0.05, 0) is 36.8 Å². The summed E-state index contributed by atoms with van der Waals surface area (Å²) in [5.41, 5.74) is -0.574. The first kappa shape index (κ1) is 16.4. The molecule has 8 heteroatoms. The van der Waals surface area contributed by atoms with Crippen molar-refractivity contribution in [3.63, 3.8) is 0 Å². The summed E-state index contributed by atoms with van der Waals surface area (Å²) in [7, 11) is -4.05. The summed E-state index contributed by atoms with van der Waals surface area (Å²) >= 11 is 3.18. The van der Waals surface area contributed by atoms with Crippen molar-refractivity contribution in [1.82, 2.24) is 0 Å². The largest absolute Gasteiger partial charge is 0.478 e. The minimum atomic E-state index is -4.05. The topological polar surface area (TPSA) is 83.5 Å². The lowest BCUT2D eigenvalue weighted by Gasteiger charge is -2.13. The number of rotatable bonds is 4. The second kappa shape index (κ2) is 6.05. The van der Waals surface area contributed by atoms with E-state index in [2.05, 4.69) is 20.7 Å².